The summed E-state index contributed by atoms with van der Waals surface area (Å²) >= 11 is 12.5. The fourth-order valence-electron chi connectivity index (χ4n) is 4.47. The predicted octanol–water partition coefficient (Wildman–Crippen LogP) is 4.38. The van der Waals surface area contributed by atoms with Crippen LogP contribution in [-0.4, -0.2) is 36.0 Å². The number of nitrogen functional groups attached to an aromatic ring is 1. The van der Waals surface area contributed by atoms with Crippen molar-refractivity contribution in [3.05, 3.63) is 27.4 Å². The Balaban J connectivity index is 1.48. The Morgan fingerprint density at radius 1 is 1.38 bits per heavy atom. The number of benzene rings is 1. The number of carbonyl (C=O) groups excluding carboxylic acids is 1. The maximum Gasteiger partial charge on any atom is 0.255 e. The first-order valence-corrected chi connectivity index (χ1v) is 9.93. The molecular weight excluding hydrogens is 373 g/mol. The quantitative estimate of drug-likeness (QED) is 0.753. The second kappa shape index (κ2) is 6.95. The molecule has 2 unspecified atom stereocenters. The topological polar surface area (TPSA) is 71.5 Å². The number of nitrogens with two attached hydrogens (primary N) is 1. The molecule has 2 atom stereocenters. The van der Waals surface area contributed by atoms with E-state index in [0.717, 1.165) is 12.5 Å². The monoisotopic (exact) mass is 395 g/mol. The highest BCUT2D eigenvalue weighted by Gasteiger charge is 2.35. The van der Waals surface area contributed by atoms with Crippen molar-refractivity contribution in [3.8, 4) is 0 Å². The highest BCUT2D eigenvalue weighted by Crippen LogP contribution is 2.40. The number of hydrogen-bond acceptors (Lipinski definition) is 4. The molecule has 0 aliphatic carbocycles. The van der Waals surface area contributed by atoms with Gasteiger partial charge in [-0.1, -0.05) is 23.2 Å². The average Bonchev–Trinajstić information content (AvgIpc) is 3.28. The van der Waals surface area contributed by atoms with Crippen molar-refractivity contribution in [1.82, 2.24) is 10.2 Å². The first-order chi connectivity index (χ1) is 12.5. The van der Waals surface area contributed by atoms with Gasteiger partial charge in [0.15, 0.2) is 5.58 Å². The number of anilines is 1. The van der Waals surface area contributed by atoms with Crippen molar-refractivity contribution in [2.75, 3.05) is 18.8 Å². The van der Waals surface area contributed by atoms with E-state index in [0.29, 0.717) is 50.6 Å². The SMILES string of the molecule is Cc1oc2c(C(=O)NCCC3CCC4CCCN43)cc(Cl)c(N)c2c1Cl. The molecule has 1 aromatic heterocycles. The molecule has 3 heterocycles. The summed E-state index contributed by atoms with van der Waals surface area (Å²) in [5.74, 6) is 0.314. The van der Waals surface area contributed by atoms with Crippen LogP contribution in [0.15, 0.2) is 10.5 Å². The van der Waals surface area contributed by atoms with E-state index in [1.54, 1.807) is 13.0 Å². The molecule has 4 rings (SSSR count). The number of furan rings is 1. The number of nitrogens with zero attached hydrogens (tertiary/aromatic N) is 1. The lowest BCUT2D eigenvalue weighted by Gasteiger charge is -2.23. The Bertz CT molecular complexity index is 864. The van der Waals surface area contributed by atoms with Crippen LogP contribution in [0.3, 0.4) is 0 Å². The Morgan fingerprint density at radius 2 is 2.19 bits per heavy atom. The summed E-state index contributed by atoms with van der Waals surface area (Å²) in [6.45, 7) is 3.56. The molecule has 0 spiro atoms. The third kappa shape index (κ3) is 2.96. The fraction of sp³-hybridized carbons (Fsp3) is 0.526. The van der Waals surface area contributed by atoms with Crippen LogP contribution in [-0.2, 0) is 0 Å². The van der Waals surface area contributed by atoms with Gasteiger partial charge in [-0.15, -0.1) is 0 Å². The van der Waals surface area contributed by atoms with Gasteiger partial charge in [0, 0.05) is 18.6 Å². The van der Waals surface area contributed by atoms with Gasteiger partial charge < -0.3 is 15.5 Å². The first kappa shape index (κ1) is 18.0. The number of fused-ring (bicyclic) bond motifs is 2. The molecule has 5 nitrogen and oxygen atoms in total. The fourth-order valence-corrected chi connectivity index (χ4v) is 4.90. The van der Waals surface area contributed by atoms with E-state index < -0.39 is 0 Å². The number of aryl methyl sites for hydroxylation is 1. The van der Waals surface area contributed by atoms with Gasteiger partial charge in [0.1, 0.15) is 5.76 Å². The summed E-state index contributed by atoms with van der Waals surface area (Å²) in [5.41, 5.74) is 7.13. The third-order valence-electron chi connectivity index (χ3n) is 5.79. The van der Waals surface area contributed by atoms with Gasteiger partial charge in [0.05, 0.1) is 26.7 Å². The van der Waals surface area contributed by atoms with E-state index in [-0.39, 0.29) is 5.91 Å². The van der Waals surface area contributed by atoms with E-state index in [2.05, 4.69) is 10.2 Å². The Labute approximate surface area is 162 Å². The van der Waals surface area contributed by atoms with Gasteiger partial charge in [0.2, 0.25) is 0 Å². The van der Waals surface area contributed by atoms with E-state index in [1.807, 2.05) is 0 Å². The summed E-state index contributed by atoms with van der Waals surface area (Å²) in [5, 5.41) is 4.23. The Morgan fingerprint density at radius 3 is 3.00 bits per heavy atom. The van der Waals surface area contributed by atoms with Crippen molar-refractivity contribution in [3.63, 3.8) is 0 Å². The molecule has 2 saturated heterocycles. The highest BCUT2D eigenvalue weighted by atomic mass is 35.5. The summed E-state index contributed by atoms with van der Waals surface area (Å²) in [4.78, 5) is 15.3. The van der Waals surface area contributed by atoms with Crippen LogP contribution >= 0.6 is 23.2 Å². The van der Waals surface area contributed by atoms with Gasteiger partial charge in [-0.05, 0) is 51.6 Å². The number of amides is 1. The Hall–Kier alpha value is -1.43. The molecule has 2 aliphatic heterocycles. The minimum absolute atomic E-state index is 0.210. The zero-order valence-electron chi connectivity index (χ0n) is 14.8. The lowest BCUT2D eigenvalue weighted by atomic mass is 10.1. The Kier molecular flexibility index (Phi) is 4.80. The molecule has 2 fully saturated rings. The van der Waals surface area contributed by atoms with Crippen molar-refractivity contribution in [2.24, 2.45) is 0 Å². The van der Waals surface area contributed by atoms with Crippen LogP contribution in [0.1, 0.15) is 48.2 Å². The second-order valence-corrected chi connectivity index (χ2v) is 8.09. The molecule has 140 valence electrons. The van der Waals surface area contributed by atoms with E-state index in [9.17, 15) is 4.79 Å². The minimum Gasteiger partial charge on any atom is -0.459 e. The van der Waals surface area contributed by atoms with E-state index in [1.165, 1.54) is 32.2 Å². The summed E-state index contributed by atoms with van der Waals surface area (Å²) in [7, 11) is 0. The molecule has 1 aromatic carbocycles. The maximum atomic E-state index is 12.7. The van der Waals surface area contributed by atoms with Crippen LogP contribution in [0, 0.1) is 6.92 Å². The van der Waals surface area contributed by atoms with Crippen molar-refractivity contribution >= 4 is 45.8 Å². The molecule has 2 aromatic rings. The van der Waals surface area contributed by atoms with Gasteiger partial charge in [-0.3, -0.25) is 9.69 Å². The largest absolute Gasteiger partial charge is 0.459 e. The normalized spacial score (nSPS) is 22.9. The lowest BCUT2D eigenvalue weighted by molar-refractivity contribution is 0.0950. The summed E-state index contributed by atoms with van der Waals surface area (Å²) in [6, 6.07) is 2.90. The lowest BCUT2D eigenvalue weighted by Crippen LogP contribution is -2.35. The molecule has 0 saturated carbocycles. The van der Waals surface area contributed by atoms with E-state index in [4.69, 9.17) is 33.4 Å². The van der Waals surface area contributed by atoms with Gasteiger partial charge in [-0.25, -0.2) is 0 Å². The standard InChI is InChI=1S/C19H23Cl2N3O2/c1-10-16(21)15-17(22)14(20)9-13(18(15)26-10)19(25)23-7-6-12-5-4-11-3-2-8-24(11)12/h9,11-12H,2-8,22H2,1H3,(H,23,25). The molecular formula is C19H23Cl2N3O2. The molecule has 2 aliphatic rings. The van der Waals surface area contributed by atoms with Crippen LogP contribution in [0.25, 0.3) is 11.0 Å². The predicted molar refractivity (Wildman–Crippen MR) is 105 cm³/mol. The molecule has 0 radical (unpaired) electrons. The number of nitrogens with one attached hydrogen (secondary N) is 1. The van der Waals surface area contributed by atoms with Crippen LogP contribution in [0.2, 0.25) is 10.0 Å². The van der Waals surface area contributed by atoms with Crippen molar-refractivity contribution in [2.45, 2.75) is 51.1 Å². The number of hydrogen-bond donors (Lipinski definition) is 2. The number of rotatable bonds is 4. The first-order valence-electron chi connectivity index (χ1n) is 9.18. The smallest absolute Gasteiger partial charge is 0.255 e. The third-order valence-corrected chi connectivity index (χ3v) is 6.55. The summed E-state index contributed by atoms with van der Waals surface area (Å²) < 4.78 is 5.68. The van der Waals surface area contributed by atoms with Gasteiger partial charge in [0.25, 0.3) is 5.91 Å². The van der Waals surface area contributed by atoms with Crippen molar-refractivity contribution < 1.29 is 9.21 Å². The van der Waals surface area contributed by atoms with Gasteiger partial charge in [-0.2, -0.15) is 0 Å². The van der Waals surface area contributed by atoms with Crippen molar-refractivity contribution in [1.29, 1.82) is 0 Å². The zero-order chi connectivity index (χ0) is 18.4. The number of carbonyl (C=O) groups is 1. The summed E-state index contributed by atoms with van der Waals surface area (Å²) in [6.07, 6.45) is 6.10. The van der Waals surface area contributed by atoms with Crippen LogP contribution in [0.4, 0.5) is 5.69 Å². The minimum atomic E-state index is -0.210. The van der Waals surface area contributed by atoms with E-state index >= 15 is 0 Å². The van der Waals surface area contributed by atoms with Crippen LogP contribution in [0.5, 0.6) is 0 Å². The molecule has 1 amide bonds. The average molecular weight is 396 g/mol. The van der Waals surface area contributed by atoms with Gasteiger partial charge >= 0.3 is 0 Å². The molecule has 7 heteroatoms. The highest BCUT2D eigenvalue weighted by molar-refractivity contribution is 6.41. The second-order valence-electron chi connectivity index (χ2n) is 7.31. The molecule has 26 heavy (non-hydrogen) atoms. The number of halogens is 2. The maximum absolute atomic E-state index is 12.7. The molecule has 0 bridgehead atoms. The zero-order valence-corrected chi connectivity index (χ0v) is 16.3. The molecule has 3 N–H and O–H groups in total. The van der Waals surface area contributed by atoms with Crippen LogP contribution < -0.4 is 11.1 Å².